The van der Waals surface area contributed by atoms with Crippen LogP contribution in [0.4, 0.5) is 13.2 Å². The first-order valence-electron chi connectivity index (χ1n) is 10.8. The van der Waals surface area contributed by atoms with Crippen molar-refractivity contribution in [2.75, 3.05) is 6.26 Å². The molecule has 0 bridgehead atoms. The third kappa shape index (κ3) is 4.53. The van der Waals surface area contributed by atoms with Crippen LogP contribution in [-0.4, -0.2) is 39.0 Å². The van der Waals surface area contributed by atoms with Gasteiger partial charge in [0, 0.05) is 31.1 Å². The van der Waals surface area contributed by atoms with Gasteiger partial charge in [-0.3, -0.25) is 14.1 Å². The van der Waals surface area contributed by atoms with Gasteiger partial charge < -0.3 is 4.42 Å². The maximum atomic E-state index is 15.2. The number of aryl methyl sites for hydroxylation is 1. The van der Waals surface area contributed by atoms with Crippen molar-refractivity contribution < 1.29 is 26.0 Å². The Balaban J connectivity index is 1.48. The Bertz CT molecular complexity index is 1790. The first kappa shape index (κ1) is 24.4. The molecule has 0 aliphatic carbocycles. The first-order valence-corrected chi connectivity index (χ1v) is 12.7. The molecule has 0 atom stereocenters. The van der Waals surface area contributed by atoms with Crippen molar-refractivity contribution in [2.24, 2.45) is 7.05 Å². The number of aromatic nitrogens is 5. The molecule has 0 saturated carbocycles. The van der Waals surface area contributed by atoms with Gasteiger partial charge in [-0.25, -0.2) is 17.6 Å². The molecule has 3 aromatic heterocycles. The van der Waals surface area contributed by atoms with Gasteiger partial charge in [0.1, 0.15) is 5.82 Å². The minimum Gasteiger partial charge on any atom is -0.415 e. The van der Waals surface area contributed by atoms with Crippen molar-refractivity contribution in [3.05, 3.63) is 82.6 Å². The van der Waals surface area contributed by atoms with Crippen molar-refractivity contribution in [2.45, 2.75) is 17.9 Å². The lowest BCUT2D eigenvalue weighted by atomic mass is 10.0. The van der Waals surface area contributed by atoms with E-state index in [-0.39, 0.29) is 22.9 Å². The Morgan fingerprint density at radius 2 is 1.70 bits per heavy atom. The molecule has 0 radical (unpaired) electrons. The van der Waals surface area contributed by atoms with Gasteiger partial charge in [0.15, 0.2) is 9.84 Å². The predicted molar refractivity (Wildman–Crippen MR) is 127 cm³/mol. The van der Waals surface area contributed by atoms with Crippen LogP contribution >= 0.6 is 0 Å². The molecule has 0 aliphatic rings. The Labute approximate surface area is 207 Å². The number of rotatable bonds is 6. The van der Waals surface area contributed by atoms with Crippen LogP contribution in [0.2, 0.25) is 0 Å². The summed E-state index contributed by atoms with van der Waals surface area (Å²) in [6.07, 6.45) is -0.448. The average Bonchev–Trinajstić information content (AvgIpc) is 3.44. The van der Waals surface area contributed by atoms with Crippen molar-refractivity contribution in [3.8, 4) is 22.6 Å². The lowest BCUT2D eigenvalue weighted by Crippen LogP contribution is -2.23. The number of hydrogen-bond acceptors (Lipinski definition) is 7. The highest BCUT2D eigenvalue weighted by Crippen LogP contribution is 2.29. The Hall–Kier alpha value is -4.26. The Morgan fingerprint density at radius 1 is 1.00 bits per heavy atom. The van der Waals surface area contributed by atoms with Crippen molar-refractivity contribution >= 4 is 20.9 Å². The van der Waals surface area contributed by atoms with Crippen molar-refractivity contribution in [1.29, 1.82) is 0 Å². The fourth-order valence-corrected chi connectivity index (χ4v) is 4.56. The molecular formula is C24H18F3N5O4S. The number of nitrogens with zero attached hydrogens (tertiary/aromatic N) is 5. The quantitative estimate of drug-likeness (QED) is 0.327. The summed E-state index contributed by atoms with van der Waals surface area (Å²) < 4.78 is 71.6. The first-order chi connectivity index (χ1) is 17.5. The number of pyridine rings is 1. The molecule has 3 heterocycles. The molecule has 0 spiro atoms. The number of hydrogen-bond donors (Lipinski definition) is 0. The molecule has 37 heavy (non-hydrogen) atoms. The summed E-state index contributed by atoms with van der Waals surface area (Å²) in [5.41, 5.74) is 1.86. The molecule has 0 saturated heterocycles. The third-order valence-electron chi connectivity index (χ3n) is 5.85. The zero-order valence-electron chi connectivity index (χ0n) is 19.4. The summed E-state index contributed by atoms with van der Waals surface area (Å²) in [6, 6.07) is 11.7. The fourth-order valence-electron chi connectivity index (χ4n) is 3.92. The normalized spacial score (nSPS) is 12.1. The maximum absolute atomic E-state index is 15.2. The zero-order valence-corrected chi connectivity index (χ0v) is 20.2. The molecule has 0 aliphatic heterocycles. The Kier molecular flexibility index (Phi) is 5.94. The molecule has 0 fully saturated rings. The van der Waals surface area contributed by atoms with Crippen LogP contribution in [0.3, 0.4) is 0 Å². The van der Waals surface area contributed by atoms with Gasteiger partial charge in [-0.1, -0.05) is 12.1 Å². The molecular weight excluding hydrogens is 511 g/mol. The highest BCUT2D eigenvalue weighted by molar-refractivity contribution is 7.90. The molecule has 0 N–H and O–H groups in total. The van der Waals surface area contributed by atoms with Crippen molar-refractivity contribution in [3.63, 3.8) is 0 Å². The largest absolute Gasteiger partial charge is 0.415 e. The summed E-state index contributed by atoms with van der Waals surface area (Å²) in [5.74, 6) is -1.50. The summed E-state index contributed by atoms with van der Waals surface area (Å²) in [7, 11) is -1.84. The monoisotopic (exact) mass is 529 g/mol. The van der Waals surface area contributed by atoms with E-state index in [1.165, 1.54) is 51.7 Å². The SMILES string of the molecule is Cn1c(=O)n(Cc2ccc(-c3nnc(C(F)F)o3)cn2)c2cc(F)c(-c3ccc(S(C)(=O)=O)cc3)cc21. The molecule has 13 heteroatoms. The van der Waals surface area contributed by atoms with Crippen LogP contribution in [0.1, 0.15) is 18.0 Å². The van der Waals surface area contributed by atoms with Gasteiger partial charge in [0.05, 0.1) is 33.7 Å². The number of fused-ring (bicyclic) bond motifs is 1. The lowest BCUT2D eigenvalue weighted by Gasteiger charge is -2.08. The van der Waals surface area contributed by atoms with Gasteiger partial charge in [-0.05, 0) is 35.9 Å². The lowest BCUT2D eigenvalue weighted by molar-refractivity contribution is 0.116. The average molecular weight is 530 g/mol. The third-order valence-corrected chi connectivity index (χ3v) is 6.98. The van der Waals surface area contributed by atoms with Gasteiger partial charge in [0.2, 0.25) is 5.89 Å². The van der Waals surface area contributed by atoms with Gasteiger partial charge in [0.25, 0.3) is 5.89 Å². The van der Waals surface area contributed by atoms with E-state index in [2.05, 4.69) is 15.2 Å². The standard InChI is InChI=1S/C24H18F3N5O4S/c1-31-19-9-17(13-4-7-16(8-5-13)37(2,34)35)18(25)10-20(19)32(24(31)33)12-15-6-3-14(11-28-15)22-29-30-23(36-22)21(26)27/h3-11,21H,12H2,1-2H3. The highest BCUT2D eigenvalue weighted by Gasteiger charge is 2.19. The topological polar surface area (TPSA) is 113 Å². The second-order valence-electron chi connectivity index (χ2n) is 8.33. The van der Waals surface area contributed by atoms with Gasteiger partial charge >= 0.3 is 12.1 Å². The predicted octanol–water partition coefficient (Wildman–Crippen LogP) is 3.98. The van der Waals surface area contributed by atoms with E-state index in [0.29, 0.717) is 27.9 Å². The van der Waals surface area contributed by atoms with E-state index < -0.39 is 33.7 Å². The number of halogens is 3. The van der Waals surface area contributed by atoms with Crippen LogP contribution in [0.5, 0.6) is 0 Å². The van der Waals surface area contributed by atoms with E-state index >= 15 is 4.39 Å². The molecule has 0 unspecified atom stereocenters. The maximum Gasteiger partial charge on any atom is 0.329 e. The van der Waals surface area contributed by atoms with E-state index in [4.69, 9.17) is 4.42 Å². The van der Waals surface area contributed by atoms with Gasteiger partial charge in [-0.15, -0.1) is 10.2 Å². The van der Waals surface area contributed by atoms with Gasteiger partial charge in [-0.2, -0.15) is 8.78 Å². The van der Waals surface area contributed by atoms with Crippen LogP contribution < -0.4 is 5.69 Å². The van der Waals surface area contributed by atoms with E-state index in [0.717, 1.165) is 6.26 Å². The molecule has 9 nitrogen and oxygen atoms in total. The molecule has 5 rings (SSSR count). The molecule has 2 aromatic carbocycles. The number of sulfone groups is 1. The van der Waals surface area contributed by atoms with Crippen LogP contribution in [0.25, 0.3) is 33.6 Å². The fraction of sp³-hybridized carbons (Fsp3) is 0.167. The van der Waals surface area contributed by atoms with E-state index in [1.807, 2.05) is 0 Å². The molecule has 5 aromatic rings. The minimum atomic E-state index is -3.40. The Morgan fingerprint density at radius 3 is 2.30 bits per heavy atom. The number of benzene rings is 2. The van der Waals surface area contributed by atoms with E-state index in [1.54, 1.807) is 19.2 Å². The smallest absolute Gasteiger partial charge is 0.329 e. The van der Waals surface area contributed by atoms with Crippen LogP contribution in [-0.2, 0) is 23.4 Å². The number of imidazole rings is 1. The summed E-state index contributed by atoms with van der Waals surface area (Å²) >= 11 is 0. The van der Waals surface area contributed by atoms with Crippen LogP contribution in [0.15, 0.2) is 68.8 Å². The second kappa shape index (κ2) is 9.00. The van der Waals surface area contributed by atoms with E-state index in [9.17, 15) is 22.0 Å². The minimum absolute atomic E-state index is 0.0183. The zero-order chi connectivity index (χ0) is 26.5. The summed E-state index contributed by atoms with van der Waals surface area (Å²) in [6.45, 7) is 0.0183. The van der Waals surface area contributed by atoms with Crippen LogP contribution in [0, 0.1) is 5.82 Å². The highest BCUT2D eigenvalue weighted by atomic mass is 32.2. The molecule has 190 valence electrons. The summed E-state index contributed by atoms with van der Waals surface area (Å²) in [5, 5.41) is 6.85. The summed E-state index contributed by atoms with van der Waals surface area (Å²) in [4.78, 5) is 17.3. The van der Waals surface area contributed by atoms with Crippen molar-refractivity contribution in [1.82, 2.24) is 24.3 Å². The number of alkyl halides is 2. The molecule has 0 amide bonds. The second-order valence-corrected chi connectivity index (χ2v) is 10.3.